The number of hydrogen-bond acceptors (Lipinski definition) is 5. The van der Waals surface area contributed by atoms with Gasteiger partial charge in [-0.15, -0.1) is 0 Å². The highest BCUT2D eigenvalue weighted by molar-refractivity contribution is 7.93. The molecule has 4 rings (SSSR count). The van der Waals surface area contributed by atoms with Crippen LogP contribution in [0.15, 0.2) is 53.4 Å². The average molecular weight is 450 g/mol. The van der Waals surface area contributed by atoms with Crippen LogP contribution >= 0.6 is 0 Å². The molecule has 0 unspecified atom stereocenters. The van der Waals surface area contributed by atoms with E-state index in [0.29, 0.717) is 43.0 Å². The summed E-state index contributed by atoms with van der Waals surface area (Å²) in [6.07, 6.45) is 2.29. The lowest BCUT2D eigenvalue weighted by Gasteiger charge is -2.17. The fourth-order valence-corrected chi connectivity index (χ4v) is 6.85. The van der Waals surface area contributed by atoms with Crippen molar-refractivity contribution in [3.8, 4) is 0 Å². The number of rotatable bonds is 5. The molecule has 8 nitrogen and oxygen atoms in total. The summed E-state index contributed by atoms with van der Waals surface area (Å²) in [7, 11) is -6.84. The third kappa shape index (κ3) is 4.07. The Morgan fingerprint density at radius 3 is 2.27 bits per heavy atom. The molecule has 10 heteroatoms. The Morgan fingerprint density at radius 2 is 1.63 bits per heavy atom. The maximum absolute atomic E-state index is 12.7. The Kier molecular flexibility index (Phi) is 5.56. The zero-order valence-electron chi connectivity index (χ0n) is 16.3. The molecule has 0 aliphatic carbocycles. The maximum atomic E-state index is 12.7. The Balaban J connectivity index is 1.49. The summed E-state index contributed by atoms with van der Waals surface area (Å²) < 4.78 is 52.3. The number of amides is 1. The van der Waals surface area contributed by atoms with E-state index in [0.717, 1.165) is 12.8 Å². The van der Waals surface area contributed by atoms with E-state index in [4.69, 9.17) is 0 Å². The Hall–Kier alpha value is -2.43. The largest absolute Gasteiger partial charge is 0.322 e. The summed E-state index contributed by atoms with van der Waals surface area (Å²) in [6.45, 7) is 1.46. The van der Waals surface area contributed by atoms with Crippen molar-refractivity contribution in [2.45, 2.75) is 24.2 Å². The Labute approximate surface area is 176 Å². The van der Waals surface area contributed by atoms with Crippen molar-refractivity contribution in [2.75, 3.05) is 35.0 Å². The van der Waals surface area contributed by atoms with E-state index < -0.39 is 26.0 Å². The molecular weight excluding hydrogens is 426 g/mol. The summed E-state index contributed by atoms with van der Waals surface area (Å²) in [5.74, 6) is -0.270. The van der Waals surface area contributed by atoms with Gasteiger partial charge in [0.25, 0.3) is 5.91 Å². The summed E-state index contributed by atoms with van der Waals surface area (Å²) in [5.41, 5.74) is 1.26. The van der Waals surface area contributed by atoms with Gasteiger partial charge in [-0.2, -0.15) is 4.31 Å². The molecule has 0 bridgehead atoms. The van der Waals surface area contributed by atoms with Crippen LogP contribution < -0.4 is 9.62 Å². The highest BCUT2D eigenvalue weighted by Gasteiger charge is 2.29. The van der Waals surface area contributed by atoms with Crippen molar-refractivity contribution in [3.63, 3.8) is 0 Å². The van der Waals surface area contributed by atoms with Crippen LogP contribution in [0.3, 0.4) is 0 Å². The molecule has 2 aromatic rings. The van der Waals surface area contributed by atoms with Gasteiger partial charge in [-0.3, -0.25) is 9.10 Å². The van der Waals surface area contributed by atoms with Crippen LogP contribution in [0.1, 0.15) is 29.6 Å². The SMILES string of the molecule is O=C(Nc1cccc(S(=O)(=O)N2CCCC2)c1)c1ccc(N2CCCS2(=O)=O)cc1. The summed E-state index contributed by atoms with van der Waals surface area (Å²) in [5, 5.41) is 2.71. The monoisotopic (exact) mass is 449 g/mol. The Bertz CT molecular complexity index is 1160. The molecule has 2 aromatic carbocycles. The molecule has 2 aliphatic rings. The van der Waals surface area contributed by atoms with E-state index in [1.165, 1.54) is 20.7 Å². The van der Waals surface area contributed by atoms with Gasteiger partial charge in [-0.1, -0.05) is 6.07 Å². The standard InChI is InChI=1S/C20H23N3O5S2/c24-20(16-7-9-18(10-8-16)23-13-4-14-29(23,25)26)21-17-5-3-6-19(15-17)30(27,28)22-11-1-2-12-22/h3,5-10,15H,1-2,4,11-14H2,(H,21,24). The molecule has 0 aromatic heterocycles. The number of sulfonamides is 2. The Morgan fingerprint density at radius 1 is 0.933 bits per heavy atom. The zero-order chi connectivity index (χ0) is 21.4. The highest BCUT2D eigenvalue weighted by Crippen LogP contribution is 2.25. The van der Waals surface area contributed by atoms with Crippen LogP contribution in [-0.4, -0.2) is 52.4 Å². The van der Waals surface area contributed by atoms with Crippen molar-refractivity contribution < 1.29 is 21.6 Å². The normalized spacial score (nSPS) is 19.1. The van der Waals surface area contributed by atoms with Crippen molar-refractivity contribution in [1.82, 2.24) is 4.31 Å². The van der Waals surface area contributed by atoms with Gasteiger partial charge in [0, 0.05) is 30.9 Å². The second-order valence-corrected chi connectivity index (χ2v) is 11.3. The van der Waals surface area contributed by atoms with E-state index >= 15 is 0 Å². The third-order valence-corrected chi connectivity index (χ3v) is 9.08. The van der Waals surface area contributed by atoms with E-state index in [2.05, 4.69) is 5.32 Å². The van der Waals surface area contributed by atoms with Crippen LogP contribution in [0.4, 0.5) is 11.4 Å². The van der Waals surface area contributed by atoms with E-state index in [-0.39, 0.29) is 10.6 Å². The number of nitrogens with one attached hydrogen (secondary N) is 1. The summed E-state index contributed by atoms with van der Waals surface area (Å²) >= 11 is 0. The number of nitrogens with zero attached hydrogens (tertiary/aromatic N) is 2. The van der Waals surface area contributed by atoms with Gasteiger partial charge in [0.2, 0.25) is 20.0 Å². The lowest BCUT2D eigenvalue weighted by Crippen LogP contribution is -2.27. The molecule has 2 aliphatic heterocycles. The predicted octanol–water partition coefficient (Wildman–Crippen LogP) is 2.26. The molecule has 0 spiro atoms. The second-order valence-electron chi connectivity index (χ2n) is 7.38. The summed E-state index contributed by atoms with van der Waals surface area (Å²) in [6, 6.07) is 12.5. The van der Waals surface area contributed by atoms with Crippen molar-refractivity contribution in [2.24, 2.45) is 0 Å². The van der Waals surface area contributed by atoms with Gasteiger partial charge in [-0.25, -0.2) is 16.8 Å². The fraction of sp³-hybridized carbons (Fsp3) is 0.350. The number of carbonyl (C=O) groups excluding carboxylic acids is 1. The van der Waals surface area contributed by atoms with Crippen molar-refractivity contribution in [3.05, 3.63) is 54.1 Å². The minimum atomic E-state index is -3.57. The van der Waals surface area contributed by atoms with E-state index in [9.17, 15) is 21.6 Å². The van der Waals surface area contributed by atoms with Gasteiger partial charge in [0.15, 0.2) is 0 Å². The molecule has 2 heterocycles. The molecule has 0 saturated carbocycles. The molecule has 2 saturated heterocycles. The molecule has 160 valence electrons. The van der Waals surface area contributed by atoms with E-state index in [1.807, 2.05) is 0 Å². The number of anilines is 2. The first-order valence-corrected chi connectivity index (χ1v) is 12.8. The molecular formula is C20H23N3O5S2. The molecule has 1 amide bonds. The van der Waals surface area contributed by atoms with Crippen molar-refractivity contribution >= 4 is 37.3 Å². The quantitative estimate of drug-likeness (QED) is 0.754. The third-order valence-electron chi connectivity index (χ3n) is 5.31. The van der Waals surface area contributed by atoms with E-state index in [1.54, 1.807) is 36.4 Å². The average Bonchev–Trinajstić information content (AvgIpc) is 3.38. The first-order chi connectivity index (χ1) is 14.3. The van der Waals surface area contributed by atoms with Crippen LogP contribution in [0.2, 0.25) is 0 Å². The fourth-order valence-electron chi connectivity index (χ4n) is 3.72. The molecule has 1 N–H and O–H groups in total. The highest BCUT2D eigenvalue weighted by atomic mass is 32.2. The lowest BCUT2D eigenvalue weighted by molar-refractivity contribution is 0.102. The van der Waals surface area contributed by atoms with Crippen LogP contribution in [0.25, 0.3) is 0 Å². The predicted molar refractivity (Wildman–Crippen MR) is 115 cm³/mol. The lowest BCUT2D eigenvalue weighted by atomic mass is 10.2. The molecule has 0 atom stereocenters. The molecule has 30 heavy (non-hydrogen) atoms. The van der Waals surface area contributed by atoms with Gasteiger partial charge in [0.05, 0.1) is 16.3 Å². The number of carbonyl (C=O) groups is 1. The summed E-state index contributed by atoms with van der Waals surface area (Å²) in [4.78, 5) is 12.7. The van der Waals surface area contributed by atoms with Crippen LogP contribution in [0.5, 0.6) is 0 Å². The number of benzene rings is 2. The number of hydrogen-bond donors (Lipinski definition) is 1. The first-order valence-electron chi connectivity index (χ1n) is 9.79. The first kappa shape index (κ1) is 20.8. The molecule has 0 radical (unpaired) electrons. The molecule has 2 fully saturated rings. The van der Waals surface area contributed by atoms with Crippen molar-refractivity contribution in [1.29, 1.82) is 0 Å². The van der Waals surface area contributed by atoms with Gasteiger partial charge in [0.1, 0.15) is 0 Å². The minimum absolute atomic E-state index is 0.131. The minimum Gasteiger partial charge on any atom is -0.322 e. The maximum Gasteiger partial charge on any atom is 0.255 e. The topological polar surface area (TPSA) is 104 Å². The second kappa shape index (κ2) is 8.01. The van der Waals surface area contributed by atoms with Crippen LogP contribution in [0, 0.1) is 0 Å². The van der Waals surface area contributed by atoms with Gasteiger partial charge in [-0.05, 0) is 61.7 Å². The smallest absolute Gasteiger partial charge is 0.255 e. The van der Waals surface area contributed by atoms with Gasteiger partial charge < -0.3 is 5.32 Å². The van der Waals surface area contributed by atoms with Crippen LogP contribution in [-0.2, 0) is 20.0 Å². The zero-order valence-corrected chi connectivity index (χ0v) is 18.0. The van der Waals surface area contributed by atoms with Gasteiger partial charge >= 0.3 is 0 Å².